The Hall–Kier alpha value is -1.74. The van der Waals surface area contributed by atoms with Crippen LogP contribution in [0.3, 0.4) is 0 Å². The molecule has 1 aromatic heterocycles. The Bertz CT molecular complexity index is 732. The lowest BCUT2D eigenvalue weighted by Gasteiger charge is -2.11. The molecule has 0 fully saturated rings. The molecule has 0 aliphatic heterocycles. The molecule has 0 unspecified atom stereocenters. The molecule has 0 saturated carbocycles. The second kappa shape index (κ2) is 7.01. The van der Waals surface area contributed by atoms with Crippen molar-refractivity contribution in [2.24, 2.45) is 5.92 Å². The Morgan fingerprint density at radius 1 is 1.00 bits per heavy atom. The molecular weight excluding hydrogens is 288 g/mol. The molecule has 0 radical (unpaired) electrons. The van der Waals surface area contributed by atoms with Crippen molar-refractivity contribution in [3.8, 4) is 0 Å². The maximum Gasteiger partial charge on any atom is 0.120 e. The number of para-hydroxylation sites is 2. The minimum atomic E-state index is 0.704. The van der Waals surface area contributed by atoms with E-state index < -0.39 is 0 Å². The van der Waals surface area contributed by atoms with E-state index in [4.69, 9.17) is 4.98 Å². The molecule has 2 nitrogen and oxygen atoms in total. The predicted octanol–water partition coefficient (Wildman–Crippen LogP) is 5.37. The maximum absolute atomic E-state index is 4.85. The summed E-state index contributed by atoms with van der Waals surface area (Å²) < 4.78 is 2.39. The van der Waals surface area contributed by atoms with E-state index >= 15 is 0 Å². The lowest BCUT2D eigenvalue weighted by molar-refractivity contribution is 0.516. The van der Waals surface area contributed by atoms with Crippen LogP contribution in [0.1, 0.15) is 26.1 Å². The van der Waals surface area contributed by atoms with Gasteiger partial charge in [0.05, 0.1) is 16.8 Å². The van der Waals surface area contributed by atoms with Crippen molar-refractivity contribution in [2.45, 2.75) is 37.5 Å². The highest BCUT2D eigenvalue weighted by molar-refractivity contribution is 7.98. The van der Waals surface area contributed by atoms with Gasteiger partial charge in [-0.1, -0.05) is 44.2 Å². The molecule has 0 saturated heterocycles. The maximum atomic E-state index is 4.85. The number of benzene rings is 2. The third kappa shape index (κ3) is 3.53. The van der Waals surface area contributed by atoms with Crippen molar-refractivity contribution >= 4 is 22.8 Å². The molecule has 2 aromatic carbocycles. The molecule has 0 bridgehead atoms. The molecule has 0 spiro atoms. The van der Waals surface area contributed by atoms with Gasteiger partial charge < -0.3 is 4.57 Å². The number of nitrogens with zero attached hydrogens (tertiary/aromatic N) is 2. The van der Waals surface area contributed by atoms with Crippen molar-refractivity contribution in [1.82, 2.24) is 9.55 Å². The van der Waals surface area contributed by atoms with Gasteiger partial charge in [0.2, 0.25) is 0 Å². The third-order valence-electron chi connectivity index (χ3n) is 3.77. The minimum absolute atomic E-state index is 0.704. The molecule has 114 valence electrons. The van der Waals surface area contributed by atoms with Crippen molar-refractivity contribution in [3.05, 3.63) is 60.4 Å². The molecule has 0 atom stereocenters. The summed E-state index contributed by atoms with van der Waals surface area (Å²) in [5.41, 5.74) is 2.36. The number of rotatable bonds is 6. The number of thioether (sulfide) groups is 1. The molecule has 0 aliphatic carbocycles. The van der Waals surface area contributed by atoms with Crippen molar-refractivity contribution in [1.29, 1.82) is 0 Å². The molecule has 0 N–H and O–H groups in total. The molecule has 0 aliphatic rings. The van der Waals surface area contributed by atoms with Crippen LogP contribution in [0.5, 0.6) is 0 Å². The van der Waals surface area contributed by atoms with Crippen LogP contribution >= 0.6 is 11.8 Å². The Morgan fingerprint density at radius 2 is 1.73 bits per heavy atom. The summed E-state index contributed by atoms with van der Waals surface area (Å²) in [6.45, 7) is 5.60. The van der Waals surface area contributed by atoms with Crippen LogP contribution in [0.25, 0.3) is 11.0 Å². The fourth-order valence-electron chi connectivity index (χ4n) is 2.54. The molecule has 3 heteroatoms. The summed E-state index contributed by atoms with van der Waals surface area (Å²) in [6, 6.07) is 19.0. The van der Waals surface area contributed by atoms with Gasteiger partial charge in [-0.25, -0.2) is 4.98 Å². The number of fused-ring (bicyclic) bond motifs is 1. The third-order valence-corrected chi connectivity index (χ3v) is 4.78. The van der Waals surface area contributed by atoms with Gasteiger partial charge >= 0.3 is 0 Å². The number of aromatic nitrogens is 2. The van der Waals surface area contributed by atoms with Gasteiger partial charge in [0.15, 0.2) is 0 Å². The van der Waals surface area contributed by atoms with Crippen molar-refractivity contribution in [2.75, 3.05) is 0 Å². The minimum Gasteiger partial charge on any atom is -0.327 e. The topological polar surface area (TPSA) is 17.8 Å². The summed E-state index contributed by atoms with van der Waals surface area (Å²) in [7, 11) is 0. The summed E-state index contributed by atoms with van der Waals surface area (Å²) in [4.78, 5) is 6.14. The zero-order valence-electron chi connectivity index (χ0n) is 13.2. The second-order valence-electron chi connectivity index (χ2n) is 5.95. The number of hydrogen-bond donors (Lipinski definition) is 0. The molecular formula is C19H22N2S. The zero-order chi connectivity index (χ0) is 15.4. The van der Waals surface area contributed by atoms with E-state index in [9.17, 15) is 0 Å². The van der Waals surface area contributed by atoms with E-state index in [0.29, 0.717) is 5.92 Å². The van der Waals surface area contributed by atoms with Gasteiger partial charge in [0, 0.05) is 11.4 Å². The largest absolute Gasteiger partial charge is 0.327 e. The normalized spacial score (nSPS) is 11.4. The lowest BCUT2D eigenvalue weighted by Crippen LogP contribution is -2.05. The van der Waals surface area contributed by atoms with E-state index in [2.05, 4.69) is 73.0 Å². The Morgan fingerprint density at radius 3 is 2.50 bits per heavy atom. The van der Waals surface area contributed by atoms with Crippen LogP contribution in [0.4, 0.5) is 0 Å². The average molecular weight is 310 g/mol. The summed E-state index contributed by atoms with van der Waals surface area (Å²) >= 11 is 1.85. The first-order valence-electron chi connectivity index (χ1n) is 7.86. The van der Waals surface area contributed by atoms with Gasteiger partial charge in [0.1, 0.15) is 5.82 Å². The Labute approximate surface area is 136 Å². The second-order valence-corrected chi connectivity index (χ2v) is 7.00. The molecule has 0 amide bonds. The Kier molecular flexibility index (Phi) is 4.84. The van der Waals surface area contributed by atoms with E-state index in [1.165, 1.54) is 22.7 Å². The van der Waals surface area contributed by atoms with Crippen LogP contribution in [0, 0.1) is 5.92 Å². The smallest absolute Gasteiger partial charge is 0.120 e. The van der Waals surface area contributed by atoms with Crippen LogP contribution in [0.15, 0.2) is 59.5 Å². The number of hydrogen-bond acceptors (Lipinski definition) is 2. The fourth-order valence-corrected chi connectivity index (χ4v) is 3.40. The number of imidazole rings is 1. The van der Waals surface area contributed by atoms with E-state index in [0.717, 1.165) is 17.8 Å². The quantitative estimate of drug-likeness (QED) is 0.569. The molecule has 1 heterocycles. The summed E-state index contributed by atoms with van der Waals surface area (Å²) in [6.07, 6.45) is 1.18. The first kappa shape index (κ1) is 15.2. The standard InChI is InChI=1S/C19H22N2S/c1-15(2)12-13-21-18-11-7-6-10-17(18)20-19(21)14-22-16-8-4-3-5-9-16/h3-11,15H,12-14H2,1-2H3. The van der Waals surface area contributed by atoms with Gasteiger partial charge in [-0.3, -0.25) is 0 Å². The van der Waals surface area contributed by atoms with Gasteiger partial charge in [-0.2, -0.15) is 0 Å². The fraction of sp³-hybridized carbons (Fsp3) is 0.316. The lowest BCUT2D eigenvalue weighted by atomic mass is 10.1. The Balaban J connectivity index is 1.85. The van der Waals surface area contributed by atoms with Crippen LogP contribution < -0.4 is 0 Å². The molecule has 3 aromatic rings. The predicted molar refractivity (Wildman–Crippen MR) is 95.2 cm³/mol. The van der Waals surface area contributed by atoms with Gasteiger partial charge in [-0.05, 0) is 36.6 Å². The van der Waals surface area contributed by atoms with E-state index in [1.807, 2.05) is 11.8 Å². The first-order chi connectivity index (χ1) is 10.7. The number of aryl methyl sites for hydroxylation is 1. The average Bonchev–Trinajstić information content (AvgIpc) is 2.89. The SMILES string of the molecule is CC(C)CCn1c(CSc2ccccc2)nc2ccccc21. The van der Waals surface area contributed by atoms with Crippen LogP contribution in [-0.2, 0) is 12.3 Å². The van der Waals surface area contributed by atoms with Gasteiger partial charge in [-0.15, -0.1) is 11.8 Å². The van der Waals surface area contributed by atoms with Crippen LogP contribution in [-0.4, -0.2) is 9.55 Å². The monoisotopic (exact) mass is 310 g/mol. The van der Waals surface area contributed by atoms with E-state index in [1.54, 1.807) is 0 Å². The molecule has 22 heavy (non-hydrogen) atoms. The van der Waals surface area contributed by atoms with Crippen molar-refractivity contribution < 1.29 is 0 Å². The summed E-state index contributed by atoms with van der Waals surface area (Å²) in [5.74, 6) is 2.79. The highest BCUT2D eigenvalue weighted by atomic mass is 32.2. The van der Waals surface area contributed by atoms with Gasteiger partial charge in [0.25, 0.3) is 0 Å². The van der Waals surface area contributed by atoms with E-state index in [-0.39, 0.29) is 0 Å². The zero-order valence-corrected chi connectivity index (χ0v) is 14.0. The summed E-state index contributed by atoms with van der Waals surface area (Å²) in [5, 5.41) is 0. The highest BCUT2D eigenvalue weighted by Crippen LogP contribution is 2.25. The molecule has 3 rings (SSSR count). The van der Waals surface area contributed by atoms with Crippen molar-refractivity contribution in [3.63, 3.8) is 0 Å². The highest BCUT2D eigenvalue weighted by Gasteiger charge is 2.11. The first-order valence-corrected chi connectivity index (χ1v) is 8.84. The van der Waals surface area contributed by atoms with Crippen LogP contribution in [0.2, 0.25) is 0 Å².